The Labute approximate surface area is 128 Å². The van der Waals surface area contributed by atoms with Gasteiger partial charge in [0.2, 0.25) is 0 Å². The molecule has 0 spiro atoms. The van der Waals surface area contributed by atoms with Gasteiger partial charge in [-0.25, -0.2) is 0 Å². The van der Waals surface area contributed by atoms with Gasteiger partial charge in [-0.1, -0.05) is 6.92 Å². The van der Waals surface area contributed by atoms with Gasteiger partial charge in [-0.15, -0.1) is 11.3 Å². The molecule has 0 aliphatic heterocycles. The summed E-state index contributed by atoms with van der Waals surface area (Å²) in [5.74, 6) is -0.368. The molecular weight excluding hydrogens is 286 g/mol. The minimum absolute atomic E-state index is 0.0108. The zero-order chi connectivity index (χ0) is 15.0. The summed E-state index contributed by atoms with van der Waals surface area (Å²) < 4.78 is 0. The second kappa shape index (κ2) is 5.79. The van der Waals surface area contributed by atoms with Crippen LogP contribution < -0.4 is 5.32 Å². The first-order valence-corrected chi connectivity index (χ1v) is 8.50. The number of aliphatic carboxylic acids is 1. The first kappa shape index (κ1) is 14.6. The van der Waals surface area contributed by atoms with E-state index in [2.05, 4.69) is 12.2 Å². The van der Waals surface area contributed by atoms with Gasteiger partial charge >= 0.3 is 5.97 Å². The number of carboxylic acid groups (broad SMARTS) is 1. The van der Waals surface area contributed by atoms with Crippen LogP contribution in [0.5, 0.6) is 0 Å². The van der Waals surface area contributed by atoms with E-state index in [4.69, 9.17) is 5.11 Å². The van der Waals surface area contributed by atoms with E-state index in [0.29, 0.717) is 18.8 Å². The monoisotopic (exact) mass is 307 g/mol. The topological polar surface area (TPSA) is 66.4 Å². The van der Waals surface area contributed by atoms with Crippen molar-refractivity contribution in [2.75, 3.05) is 0 Å². The number of carbonyl (C=O) groups is 2. The molecule has 3 atom stereocenters. The molecule has 1 unspecified atom stereocenters. The fraction of sp³-hybridized carbons (Fsp3) is 0.625. The summed E-state index contributed by atoms with van der Waals surface area (Å²) in [4.78, 5) is 25.4. The Morgan fingerprint density at radius 2 is 2.14 bits per heavy atom. The van der Waals surface area contributed by atoms with E-state index in [9.17, 15) is 9.59 Å². The van der Waals surface area contributed by atoms with Crippen molar-refractivity contribution >= 4 is 23.2 Å². The Balaban J connectivity index is 1.63. The maximum atomic E-state index is 12.3. The van der Waals surface area contributed by atoms with Crippen LogP contribution >= 0.6 is 11.3 Å². The number of amides is 1. The third-order valence-corrected chi connectivity index (χ3v) is 5.91. The predicted octanol–water partition coefficient (Wildman–Crippen LogP) is 2.86. The third-order valence-electron chi connectivity index (χ3n) is 4.67. The summed E-state index contributed by atoms with van der Waals surface area (Å²) in [5.41, 5.74) is 1.33. The van der Waals surface area contributed by atoms with Gasteiger partial charge in [0.25, 0.3) is 5.91 Å². The molecule has 4 nitrogen and oxygen atoms in total. The highest BCUT2D eigenvalue weighted by Crippen LogP contribution is 2.32. The van der Waals surface area contributed by atoms with Gasteiger partial charge < -0.3 is 10.4 Å². The normalized spacial score (nSPS) is 28.1. The molecule has 1 fully saturated rings. The van der Waals surface area contributed by atoms with Gasteiger partial charge in [-0.3, -0.25) is 9.59 Å². The van der Waals surface area contributed by atoms with E-state index in [1.54, 1.807) is 11.3 Å². The Morgan fingerprint density at radius 1 is 1.33 bits per heavy atom. The SMILES string of the molecule is CC1CCc2sc(C(=O)N[C@@H]3CC[C@H](C(=O)O)C3)cc2C1. The summed E-state index contributed by atoms with van der Waals surface area (Å²) in [6.45, 7) is 2.25. The lowest BCUT2D eigenvalue weighted by Crippen LogP contribution is -2.32. The molecule has 2 aliphatic carbocycles. The molecule has 0 saturated heterocycles. The third kappa shape index (κ3) is 3.12. The second-order valence-electron chi connectivity index (χ2n) is 6.43. The second-order valence-corrected chi connectivity index (χ2v) is 7.56. The van der Waals surface area contributed by atoms with Crippen molar-refractivity contribution in [2.24, 2.45) is 11.8 Å². The number of fused-ring (bicyclic) bond motifs is 1. The maximum absolute atomic E-state index is 12.3. The Kier molecular flexibility index (Phi) is 4.02. The van der Waals surface area contributed by atoms with Crippen LogP contribution in [0.25, 0.3) is 0 Å². The highest BCUT2D eigenvalue weighted by molar-refractivity contribution is 7.14. The van der Waals surface area contributed by atoms with Crippen LogP contribution in [0.1, 0.15) is 52.7 Å². The molecule has 1 aromatic rings. The Hall–Kier alpha value is -1.36. The molecule has 5 heteroatoms. The van der Waals surface area contributed by atoms with Crippen LogP contribution in [0.15, 0.2) is 6.07 Å². The molecule has 2 N–H and O–H groups in total. The number of carbonyl (C=O) groups excluding carboxylic acids is 1. The van der Waals surface area contributed by atoms with Gasteiger partial charge in [0.15, 0.2) is 0 Å². The van der Waals surface area contributed by atoms with Crippen molar-refractivity contribution in [3.63, 3.8) is 0 Å². The van der Waals surface area contributed by atoms with Crippen LogP contribution in [0.3, 0.4) is 0 Å². The van der Waals surface area contributed by atoms with Crippen molar-refractivity contribution in [3.05, 3.63) is 21.4 Å². The van der Waals surface area contributed by atoms with Gasteiger partial charge in [-0.05, 0) is 56.1 Å². The number of hydrogen-bond donors (Lipinski definition) is 2. The van der Waals surface area contributed by atoms with Crippen molar-refractivity contribution in [1.29, 1.82) is 0 Å². The van der Waals surface area contributed by atoms with Crippen LogP contribution in [0.2, 0.25) is 0 Å². The molecular formula is C16H21NO3S. The summed E-state index contributed by atoms with van der Waals surface area (Å²) in [6.07, 6.45) is 5.35. The first-order valence-electron chi connectivity index (χ1n) is 7.68. The lowest BCUT2D eigenvalue weighted by Gasteiger charge is -2.16. The standard InChI is InChI=1S/C16H21NO3S/c1-9-2-5-13-11(6-9)8-14(21-13)15(18)17-12-4-3-10(7-12)16(19)20/h8-10,12H,2-7H2,1H3,(H,17,18)(H,19,20)/t9?,10-,12+/m0/s1. The molecule has 1 aromatic heterocycles. The summed E-state index contributed by atoms with van der Waals surface area (Å²) in [6, 6.07) is 2.05. The van der Waals surface area contributed by atoms with E-state index >= 15 is 0 Å². The fourth-order valence-corrected chi connectivity index (χ4v) is 4.52. The smallest absolute Gasteiger partial charge is 0.306 e. The Morgan fingerprint density at radius 3 is 2.86 bits per heavy atom. The number of aryl methyl sites for hydroxylation is 1. The van der Waals surface area contributed by atoms with Crippen LogP contribution in [-0.2, 0) is 17.6 Å². The first-order chi connectivity index (χ1) is 10.0. The van der Waals surface area contributed by atoms with Gasteiger partial charge in [-0.2, -0.15) is 0 Å². The molecule has 0 bridgehead atoms. The molecule has 1 saturated carbocycles. The highest BCUT2D eigenvalue weighted by atomic mass is 32.1. The molecule has 1 heterocycles. The van der Waals surface area contributed by atoms with E-state index in [0.717, 1.165) is 24.1 Å². The molecule has 114 valence electrons. The number of thiophene rings is 1. The van der Waals surface area contributed by atoms with Crippen molar-refractivity contribution in [2.45, 2.75) is 51.5 Å². The zero-order valence-corrected chi connectivity index (χ0v) is 13.0. The number of carboxylic acids is 1. The summed E-state index contributed by atoms with van der Waals surface area (Å²) >= 11 is 1.61. The average Bonchev–Trinajstić information content (AvgIpc) is 3.04. The molecule has 0 radical (unpaired) electrons. The highest BCUT2D eigenvalue weighted by Gasteiger charge is 2.31. The molecule has 0 aromatic carbocycles. The molecule has 3 rings (SSSR count). The largest absolute Gasteiger partial charge is 0.481 e. The maximum Gasteiger partial charge on any atom is 0.306 e. The van der Waals surface area contributed by atoms with E-state index < -0.39 is 5.97 Å². The number of rotatable bonds is 3. The molecule has 1 amide bonds. The van der Waals surface area contributed by atoms with Gasteiger partial charge in [0, 0.05) is 10.9 Å². The van der Waals surface area contributed by atoms with Gasteiger partial charge in [0.1, 0.15) is 0 Å². The number of hydrogen-bond acceptors (Lipinski definition) is 3. The minimum atomic E-state index is -0.743. The summed E-state index contributed by atoms with van der Waals surface area (Å²) in [5, 5.41) is 12.0. The Bertz CT molecular complexity index is 566. The zero-order valence-electron chi connectivity index (χ0n) is 12.2. The van der Waals surface area contributed by atoms with Crippen molar-refractivity contribution in [3.8, 4) is 0 Å². The number of nitrogens with one attached hydrogen (secondary N) is 1. The quantitative estimate of drug-likeness (QED) is 0.902. The molecule has 21 heavy (non-hydrogen) atoms. The molecule has 2 aliphatic rings. The average molecular weight is 307 g/mol. The van der Waals surface area contributed by atoms with Crippen molar-refractivity contribution < 1.29 is 14.7 Å². The fourth-order valence-electron chi connectivity index (χ4n) is 3.41. The van der Waals surface area contributed by atoms with E-state index in [1.807, 2.05) is 6.07 Å². The lowest BCUT2D eigenvalue weighted by atomic mass is 9.90. The van der Waals surface area contributed by atoms with E-state index in [1.165, 1.54) is 16.9 Å². The van der Waals surface area contributed by atoms with Crippen LogP contribution in [-0.4, -0.2) is 23.0 Å². The predicted molar refractivity (Wildman–Crippen MR) is 81.7 cm³/mol. The van der Waals surface area contributed by atoms with Crippen LogP contribution in [0.4, 0.5) is 0 Å². The van der Waals surface area contributed by atoms with Crippen LogP contribution in [0, 0.1) is 11.8 Å². The van der Waals surface area contributed by atoms with E-state index in [-0.39, 0.29) is 17.9 Å². The minimum Gasteiger partial charge on any atom is -0.481 e. The summed E-state index contributed by atoms with van der Waals surface area (Å²) in [7, 11) is 0. The lowest BCUT2D eigenvalue weighted by molar-refractivity contribution is -0.141. The van der Waals surface area contributed by atoms with Gasteiger partial charge in [0.05, 0.1) is 10.8 Å². The van der Waals surface area contributed by atoms with Crippen molar-refractivity contribution in [1.82, 2.24) is 5.32 Å².